The molecule has 1 aliphatic carbocycles. The number of nitrogens with one attached hydrogen (secondary N) is 1. The molecule has 4 heteroatoms. The molecule has 1 heterocycles. The first-order valence-corrected chi connectivity index (χ1v) is 10.1. The minimum atomic E-state index is -0.422. The second kappa shape index (κ2) is 7.23. The van der Waals surface area contributed by atoms with Crippen molar-refractivity contribution in [1.82, 2.24) is 9.97 Å². The number of esters is 1. The molecule has 150 valence electrons. The molecule has 0 unspecified atom stereocenters. The number of hydrogen-bond acceptors (Lipinski definition) is 3. The van der Waals surface area contributed by atoms with E-state index in [1.54, 1.807) is 13.1 Å². The van der Waals surface area contributed by atoms with E-state index in [1.807, 2.05) is 6.08 Å². The summed E-state index contributed by atoms with van der Waals surface area (Å²) < 4.78 is 5.00. The van der Waals surface area contributed by atoms with Crippen molar-refractivity contribution < 1.29 is 9.53 Å². The third-order valence-electron chi connectivity index (χ3n) is 6.06. The van der Waals surface area contributed by atoms with Gasteiger partial charge >= 0.3 is 5.97 Å². The molecule has 0 amide bonds. The van der Waals surface area contributed by atoms with Crippen molar-refractivity contribution in [3.05, 3.63) is 52.1 Å². The van der Waals surface area contributed by atoms with Crippen LogP contribution in [-0.2, 0) is 15.6 Å². The highest BCUT2D eigenvalue weighted by Gasteiger charge is 2.37. The van der Waals surface area contributed by atoms with Gasteiger partial charge in [0.05, 0.1) is 18.5 Å². The molecule has 2 aromatic rings. The molecule has 0 fully saturated rings. The number of aromatic amines is 1. The van der Waals surface area contributed by atoms with Crippen molar-refractivity contribution in [2.45, 2.75) is 72.1 Å². The van der Waals surface area contributed by atoms with Crippen LogP contribution in [0.1, 0.15) is 93.0 Å². The molecule has 3 rings (SSSR count). The number of imidazole rings is 1. The van der Waals surface area contributed by atoms with Crippen LogP contribution in [0.4, 0.5) is 0 Å². The summed E-state index contributed by atoms with van der Waals surface area (Å²) in [4.78, 5) is 19.0. The SMILES string of the molecule is CCOC(=O)c1ncc(/C=C(\C)c2cc3c(cc2C)C(C)(C)CCC3(C)C)[nH]1. The van der Waals surface area contributed by atoms with Gasteiger partial charge in [0.2, 0.25) is 5.82 Å². The predicted octanol–water partition coefficient (Wildman–Crippen LogP) is 5.80. The quantitative estimate of drug-likeness (QED) is 0.682. The van der Waals surface area contributed by atoms with Gasteiger partial charge in [0.1, 0.15) is 0 Å². The lowest BCUT2D eigenvalue weighted by molar-refractivity contribution is 0.0513. The van der Waals surface area contributed by atoms with Crippen LogP contribution in [0.3, 0.4) is 0 Å². The van der Waals surface area contributed by atoms with Crippen LogP contribution in [0.25, 0.3) is 11.6 Å². The second-order valence-electron chi connectivity index (χ2n) is 9.22. The van der Waals surface area contributed by atoms with E-state index in [-0.39, 0.29) is 16.7 Å². The lowest BCUT2D eigenvalue weighted by atomic mass is 9.62. The standard InChI is InChI=1S/C24H32N2O2/c1-8-28-22(27)21-25-14-17(26-21)11-15(2)18-13-20-19(12-16(18)3)23(4,5)9-10-24(20,6)7/h11-14H,8-10H2,1-7H3,(H,25,26)/b15-11+. The average molecular weight is 381 g/mol. The number of nitrogens with zero attached hydrogens (tertiary/aromatic N) is 1. The maximum absolute atomic E-state index is 11.8. The average Bonchev–Trinajstić information content (AvgIpc) is 3.07. The summed E-state index contributed by atoms with van der Waals surface area (Å²) >= 11 is 0. The van der Waals surface area contributed by atoms with E-state index < -0.39 is 5.97 Å². The fourth-order valence-electron chi connectivity index (χ4n) is 4.17. The lowest BCUT2D eigenvalue weighted by Crippen LogP contribution is -2.34. The van der Waals surface area contributed by atoms with Crippen LogP contribution in [0.2, 0.25) is 0 Å². The topological polar surface area (TPSA) is 55.0 Å². The first-order valence-electron chi connectivity index (χ1n) is 10.1. The van der Waals surface area contributed by atoms with E-state index in [0.717, 1.165) is 11.3 Å². The van der Waals surface area contributed by atoms with Crippen molar-refractivity contribution >= 4 is 17.6 Å². The zero-order valence-corrected chi connectivity index (χ0v) is 18.2. The lowest BCUT2D eigenvalue weighted by Gasteiger charge is -2.42. The van der Waals surface area contributed by atoms with Gasteiger partial charge < -0.3 is 9.72 Å². The van der Waals surface area contributed by atoms with Gasteiger partial charge in [-0.2, -0.15) is 0 Å². The third-order valence-corrected chi connectivity index (χ3v) is 6.06. The van der Waals surface area contributed by atoms with Crippen molar-refractivity contribution in [1.29, 1.82) is 0 Å². The number of carbonyl (C=O) groups is 1. The van der Waals surface area contributed by atoms with Crippen LogP contribution in [0.15, 0.2) is 18.3 Å². The van der Waals surface area contributed by atoms with E-state index in [9.17, 15) is 4.79 Å². The van der Waals surface area contributed by atoms with Gasteiger partial charge in [0.25, 0.3) is 0 Å². The van der Waals surface area contributed by atoms with Crippen LogP contribution < -0.4 is 0 Å². The highest BCUT2D eigenvalue weighted by molar-refractivity contribution is 5.87. The molecule has 1 aromatic heterocycles. The first-order chi connectivity index (χ1) is 13.0. The highest BCUT2D eigenvalue weighted by Crippen LogP contribution is 2.47. The Bertz CT molecular complexity index is 932. The summed E-state index contributed by atoms with van der Waals surface area (Å²) in [5, 5.41) is 0. The summed E-state index contributed by atoms with van der Waals surface area (Å²) in [5.74, 6) is -0.181. The van der Waals surface area contributed by atoms with Gasteiger partial charge in [0, 0.05) is 0 Å². The smallest absolute Gasteiger partial charge is 0.374 e. The summed E-state index contributed by atoms with van der Waals surface area (Å²) in [6.07, 6.45) is 6.13. The summed E-state index contributed by atoms with van der Waals surface area (Å²) in [6, 6.07) is 4.75. The Morgan fingerprint density at radius 2 is 1.79 bits per heavy atom. The number of carbonyl (C=O) groups excluding carboxylic acids is 1. The zero-order chi connectivity index (χ0) is 20.7. The Hall–Kier alpha value is -2.36. The van der Waals surface area contributed by atoms with Crippen molar-refractivity contribution in [2.24, 2.45) is 0 Å². The van der Waals surface area contributed by atoms with Crippen LogP contribution in [0, 0.1) is 6.92 Å². The minimum Gasteiger partial charge on any atom is -0.460 e. The van der Waals surface area contributed by atoms with Crippen molar-refractivity contribution in [2.75, 3.05) is 6.61 Å². The number of ether oxygens (including phenoxy) is 1. The molecule has 0 radical (unpaired) electrons. The van der Waals surface area contributed by atoms with Crippen LogP contribution in [-0.4, -0.2) is 22.5 Å². The minimum absolute atomic E-state index is 0.179. The fourth-order valence-corrected chi connectivity index (χ4v) is 4.17. The molecular weight excluding hydrogens is 348 g/mol. The molecule has 0 saturated heterocycles. The Balaban J connectivity index is 2.00. The maximum atomic E-state index is 11.8. The Kier molecular flexibility index (Phi) is 5.26. The van der Waals surface area contributed by atoms with Crippen LogP contribution >= 0.6 is 0 Å². The fraction of sp³-hybridized carbons (Fsp3) is 0.500. The zero-order valence-electron chi connectivity index (χ0n) is 18.2. The number of rotatable bonds is 4. The van der Waals surface area contributed by atoms with Gasteiger partial charge in [-0.15, -0.1) is 0 Å². The number of aryl methyl sites for hydroxylation is 1. The van der Waals surface area contributed by atoms with Gasteiger partial charge in [0.15, 0.2) is 0 Å². The number of benzene rings is 1. The van der Waals surface area contributed by atoms with E-state index in [4.69, 9.17) is 4.74 Å². The summed E-state index contributed by atoms with van der Waals surface area (Å²) in [5.41, 5.74) is 7.80. The molecule has 0 atom stereocenters. The normalized spacial score (nSPS) is 17.9. The van der Waals surface area contributed by atoms with E-state index in [0.29, 0.717) is 6.61 Å². The van der Waals surface area contributed by atoms with Gasteiger partial charge in [-0.1, -0.05) is 39.8 Å². The predicted molar refractivity (Wildman–Crippen MR) is 115 cm³/mol. The largest absolute Gasteiger partial charge is 0.460 e. The first kappa shape index (κ1) is 20.4. The van der Waals surface area contributed by atoms with Gasteiger partial charge in [-0.25, -0.2) is 9.78 Å². The van der Waals surface area contributed by atoms with Crippen LogP contribution in [0.5, 0.6) is 0 Å². The molecule has 1 aliphatic rings. The monoisotopic (exact) mass is 380 g/mol. The highest BCUT2D eigenvalue weighted by atomic mass is 16.5. The molecule has 1 N–H and O–H groups in total. The number of aromatic nitrogens is 2. The molecule has 28 heavy (non-hydrogen) atoms. The number of allylic oxidation sites excluding steroid dienone is 1. The molecule has 1 aromatic carbocycles. The number of H-pyrrole nitrogens is 1. The Labute approximate surface area is 168 Å². The van der Waals surface area contributed by atoms with Gasteiger partial charge in [-0.3, -0.25) is 0 Å². The molecule has 0 aliphatic heterocycles. The summed E-state index contributed by atoms with van der Waals surface area (Å²) in [6.45, 7) is 15.8. The van der Waals surface area contributed by atoms with E-state index in [2.05, 4.69) is 63.6 Å². The van der Waals surface area contributed by atoms with Gasteiger partial charge in [-0.05, 0) is 78.3 Å². The number of hydrogen-bond donors (Lipinski definition) is 1. The summed E-state index contributed by atoms with van der Waals surface area (Å²) in [7, 11) is 0. The molecule has 0 saturated carbocycles. The molecule has 0 spiro atoms. The third kappa shape index (κ3) is 3.78. The van der Waals surface area contributed by atoms with Crippen molar-refractivity contribution in [3.8, 4) is 0 Å². The second-order valence-corrected chi connectivity index (χ2v) is 9.22. The maximum Gasteiger partial charge on any atom is 0.374 e. The number of fused-ring (bicyclic) bond motifs is 1. The molecule has 0 bridgehead atoms. The Morgan fingerprint density at radius 3 is 2.39 bits per heavy atom. The van der Waals surface area contributed by atoms with E-state index in [1.165, 1.54) is 35.1 Å². The molecular formula is C24H32N2O2. The Morgan fingerprint density at radius 1 is 1.18 bits per heavy atom. The van der Waals surface area contributed by atoms with Crippen molar-refractivity contribution in [3.63, 3.8) is 0 Å². The molecule has 4 nitrogen and oxygen atoms in total. The van der Waals surface area contributed by atoms with E-state index >= 15 is 0 Å².